The van der Waals surface area contributed by atoms with E-state index in [1.165, 1.54) is 11.3 Å². The van der Waals surface area contributed by atoms with Crippen LogP contribution in [0.2, 0.25) is 0 Å². The minimum atomic E-state index is -0.752. The molecule has 0 spiro atoms. The molecule has 0 N–H and O–H groups in total. The largest absolute Gasteiger partial charge is 0.455 e. The highest BCUT2D eigenvalue weighted by Crippen LogP contribution is 2.46. The summed E-state index contributed by atoms with van der Waals surface area (Å²) >= 11 is 1.50. The van der Waals surface area contributed by atoms with E-state index in [0.29, 0.717) is 5.56 Å². The number of rotatable bonds is 6. The van der Waals surface area contributed by atoms with Crippen LogP contribution in [-0.2, 0) is 0 Å². The molecule has 5 heteroatoms. The summed E-state index contributed by atoms with van der Waals surface area (Å²) in [4.78, 5) is 13.8. The molecule has 0 amide bonds. The Morgan fingerprint density at radius 3 is 1.82 bits per heavy atom. The molecule has 0 saturated heterocycles. The topological polar surface area (TPSA) is 51.8 Å². The van der Waals surface area contributed by atoms with Crippen molar-refractivity contribution < 1.29 is 23.6 Å². The summed E-state index contributed by atoms with van der Waals surface area (Å²) in [5.74, 6) is -0.934. The molecule has 0 aliphatic carbocycles. The van der Waals surface area contributed by atoms with Crippen LogP contribution >= 0.6 is 11.3 Å². The minimum Gasteiger partial charge on any atom is -0.455 e. The van der Waals surface area contributed by atoms with Crippen molar-refractivity contribution in [3.63, 3.8) is 0 Å². The Labute approximate surface area is 346 Å². The van der Waals surface area contributed by atoms with Gasteiger partial charge in [-0.1, -0.05) is 157 Å². The van der Waals surface area contributed by atoms with Crippen molar-refractivity contribution in [1.29, 1.82) is 0 Å². The van der Waals surface area contributed by atoms with Gasteiger partial charge in [0.15, 0.2) is 17.5 Å². The molecule has 8 aromatic carbocycles. The quantitative estimate of drug-likeness (QED) is 0.170. The first kappa shape index (κ1) is 21.0. The third-order valence-electron chi connectivity index (χ3n) is 9.59. The average molecular weight is 748 g/mol. The molecule has 11 rings (SSSR count). The molecule has 262 valence electrons. The molecule has 0 radical (unpaired) electrons. The smallest absolute Gasteiger partial charge is 0.164 e. The second kappa shape index (κ2) is 13.3. The molecule has 11 aromatic rings. The molecule has 0 fully saturated rings. The molecule has 0 unspecified atom stereocenters. The molecule has 0 aliphatic rings. The van der Waals surface area contributed by atoms with Gasteiger partial charge in [-0.25, -0.2) is 15.0 Å². The fraction of sp³-hybridized carbons (Fsp3) is 0. The Hall–Kier alpha value is -7.21. The van der Waals surface area contributed by atoms with Crippen LogP contribution in [0.25, 0.3) is 110 Å². The van der Waals surface area contributed by atoms with Crippen LogP contribution in [0.15, 0.2) is 192 Å². The van der Waals surface area contributed by atoms with Gasteiger partial charge in [0.25, 0.3) is 0 Å². The number of thiophene rings is 1. The lowest BCUT2D eigenvalue weighted by Gasteiger charge is -2.10. The number of hydrogen-bond donors (Lipinski definition) is 0. The van der Waals surface area contributed by atoms with Gasteiger partial charge in [0.05, 0.1) is 19.2 Å². The summed E-state index contributed by atoms with van der Waals surface area (Å²) in [5, 5.41) is 3.80. The van der Waals surface area contributed by atoms with E-state index in [-0.39, 0.29) is 5.82 Å². The molecular weight excluding hydrogens is 703 g/mol. The maximum atomic E-state index is 9.18. The van der Waals surface area contributed by atoms with E-state index in [9.17, 15) is 2.74 Å². The number of para-hydroxylation sites is 1. The number of nitrogens with zero attached hydrogens (tertiary/aromatic N) is 3. The molecular formula is C51H31N3OS. The lowest BCUT2D eigenvalue weighted by atomic mass is 9.93. The first-order chi connectivity index (χ1) is 33.5. The Morgan fingerprint density at radius 2 is 1.05 bits per heavy atom. The molecule has 4 nitrogen and oxygen atoms in total. The van der Waals surface area contributed by atoms with Gasteiger partial charge in [-0.2, -0.15) is 0 Å². The summed E-state index contributed by atoms with van der Waals surface area (Å²) in [6.45, 7) is 0. The van der Waals surface area contributed by atoms with Crippen LogP contribution in [0.5, 0.6) is 0 Å². The van der Waals surface area contributed by atoms with Crippen LogP contribution < -0.4 is 0 Å². The standard InChI is InChI=1S/C51H31N3OS/c1-4-13-32(14-5-1)34-23-25-36(26-24-34)50-52-49(35-17-8-3-9-18-35)53-51(54-50)37-27-28-41-46(31-37)56-45-22-12-20-40(47(41)45)43-30-38(33-15-6-2-7-16-33)29-42-39-19-10-11-21-44(39)55-48(42)43/h1-31H/i1D,3D,4D,5D,8D,9D,13D,14D,17D,18D,23D,24D,25D,26D. The summed E-state index contributed by atoms with van der Waals surface area (Å²) < 4.78 is 129. The SMILES string of the molecule is [2H]c1c([2H])c([2H])c(-c2nc(-c3ccc4c(c3)sc3cccc(-c5cc(-c6ccccc6)cc6c5oc5ccccc56)c34)nc(-c3c([2H])c([2H])c(-c4c([2H])c([2H])c([2H])c([2H])c4[2H])c([2H])c3[2H])n2)c([2H])c1[2H]. The predicted octanol–water partition coefficient (Wildman–Crippen LogP) is 14.1. The zero-order valence-corrected chi connectivity index (χ0v) is 29.8. The number of hydrogen-bond acceptors (Lipinski definition) is 5. The van der Waals surface area contributed by atoms with Gasteiger partial charge in [0.2, 0.25) is 0 Å². The van der Waals surface area contributed by atoms with Crippen LogP contribution in [0.3, 0.4) is 0 Å². The summed E-state index contributed by atoms with van der Waals surface area (Å²) in [6.07, 6.45) is 0. The van der Waals surface area contributed by atoms with Gasteiger partial charge >= 0.3 is 0 Å². The third kappa shape index (κ3) is 5.56. The van der Waals surface area contributed by atoms with Crippen molar-refractivity contribution >= 4 is 53.4 Å². The lowest BCUT2D eigenvalue weighted by molar-refractivity contribution is 0.670. The van der Waals surface area contributed by atoms with Crippen LogP contribution in [0, 0.1) is 0 Å². The predicted molar refractivity (Wildman–Crippen MR) is 233 cm³/mol. The van der Waals surface area contributed by atoms with E-state index < -0.39 is 118 Å². The molecule has 3 heterocycles. The van der Waals surface area contributed by atoms with Gasteiger partial charge in [-0.3, -0.25) is 0 Å². The van der Waals surface area contributed by atoms with Crippen molar-refractivity contribution in [2.75, 3.05) is 0 Å². The number of benzene rings is 8. The average Bonchev–Trinajstić information content (AvgIpc) is 3.95. The second-order valence-corrected chi connectivity index (χ2v) is 14.0. The first-order valence-electron chi connectivity index (χ1n) is 24.5. The monoisotopic (exact) mass is 747 g/mol. The van der Waals surface area contributed by atoms with Crippen molar-refractivity contribution in [1.82, 2.24) is 15.0 Å². The normalized spacial score (nSPS) is 15.1. The third-order valence-corrected chi connectivity index (χ3v) is 10.7. The second-order valence-electron chi connectivity index (χ2n) is 12.9. The lowest BCUT2D eigenvalue weighted by Crippen LogP contribution is -2.00. The van der Waals surface area contributed by atoms with Crippen molar-refractivity contribution in [2.24, 2.45) is 0 Å². The highest BCUT2D eigenvalue weighted by atomic mass is 32.1. The van der Waals surface area contributed by atoms with E-state index in [2.05, 4.69) is 45.3 Å². The molecule has 0 saturated carbocycles. The molecule has 0 atom stereocenters. The van der Waals surface area contributed by atoms with Crippen LogP contribution in [0.1, 0.15) is 19.2 Å². The maximum absolute atomic E-state index is 9.18. The van der Waals surface area contributed by atoms with Crippen molar-refractivity contribution in [2.45, 2.75) is 0 Å². The van der Waals surface area contributed by atoms with E-state index in [1.54, 1.807) is 6.07 Å². The van der Waals surface area contributed by atoms with Crippen molar-refractivity contribution in [3.8, 4) is 67.5 Å². The first-order valence-corrected chi connectivity index (χ1v) is 18.3. The van der Waals surface area contributed by atoms with Gasteiger partial charge in [0, 0.05) is 53.2 Å². The fourth-order valence-electron chi connectivity index (χ4n) is 7.03. The number of fused-ring (bicyclic) bond motifs is 6. The molecule has 0 aliphatic heterocycles. The summed E-state index contributed by atoms with van der Waals surface area (Å²) in [6, 6.07) is 24.1. The fourth-order valence-corrected chi connectivity index (χ4v) is 8.20. The maximum Gasteiger partial charge on any atom is 0.164 e. The van der Waals surface area contributed by atoms with E-state index in [4.69, 9.17) is 20.9 Å². The van der Waals surface area contributed by atoms with E-state index in [1.807, 2.05) is 66.7 Å². The Balaban J connectivity index is 1.13. The number of aromatic nitrogens is 3. The van der Waals surface area contributed by atoms with Gasteiger partial charge in [0.1, 0.15) is 11.2 Å². The Kier molecular flexibility index (Phi) is 4.98. The molecule has 3 aromatic heterocycles. The summed E-state index contributed by atoms with van der Waals surface area (Å²) in [5.41, 5.74) is 3.81. The highest BCUT2D eigenvalue weighted by Gasteiger charge is 2.20. The Bertz CT molecular complexity index is 4000. The van der Waals surface area contributed by atoms with E-state index >= 15 is 0 Å². The zero-order chi connectivity index (χ0) is 49.2. The van der Waals surface area contributed by atoms with Crippen LogP contribution in [-0.4, -0.2) is 15.0 Å². The number of furan rings is 1. The Morgan fingerprint density at radius 1 is 0.411 bits per heavy atom. The van der Waals surface area contributed by atoms with Crippen LogP contribution in [0.4, 0.5) is 0 Å². The van der Waals surface area contributed by atoms with E-state index in [0.717, 1.165) is 64.4 Å². The minimum absolute atomic E-state index is 0.0857. The summed E-state index contributed by atoms with van der Waals surface area (Å²) in [7, 11) is 0. The van der Waals surface area contributed by atoms with Gasteiger partial charge in [-0.05, 0) is 58.1 Å². The molecule has 56 heavy (non-hydrogen) atoms. The zero-order valence-electron chi connectivity index (χ0n) is 43.0. The highest BCUT2D eigenvalue weighted by molar-refractivity contribution is 7.26. The van der Waals surface area contributed by atoms with Gasteiger partial charge in [-0.15, -0.1) is 11.3 Å². The van der Waals surface area contributed by atoms with Gasteiger partial charge < -0.3 is 4.42 Å². The van der Waals surface area contributed by atoms with Crippen molar-refractivity contribution in [3.05, 3.63) is 188 Å². The molecule has 0 bridgehead atoms.